The fourth-order valence-electron chi connectivity index (χ4n) is 2.74. The lowest BCUT2D eigenvalue weighted by Crippen LogP contribution is -2.82. The molecule has 2 aromatic rings. The summed E-state index contributed by atoms with van der Waals surface area (Å²) >= 11 is 0. The Kier molecular flexibility index (Phi) is 4.27. The van der Waals surface area contributed by atoms with Crippen LogP contribution >= 0.6 is 0 Å². The Bertz CT molecular complexity index is 683. The zero-order valence-corrected chi connectivity index (χ0v) is 13.2. The van der Waals surface area contributed by atoms with Gasteiger partial charge in [0.25, 0.3) is 5.69 Å². The van der Waals surface area contributed by atoms with Gasteiger partial charge >= 0.3 is 0 Å². The molecule has 2 N–H and O–H groups in total. The maximum Gasteiger partial charge on any atom is 0.269 e. The summed E-state index contributed by atoms with van der Waals surface area (Å²) in [4.78, 5) is 12.4. The lowest BCUT2D eigenvalue weighted by atomic mass is 10.1. The second kappa shape index (κ2) is 6.36. The van der Waals surface area contributed by atoms with E-state index in [2.05, 4.69) is 34.5 Å². The molecule has 1 fully saturated rings. The van der Waals surface area contributed by atoms with Crippen molar-refractivity contribution < 1.29 is 15.0 Å². The normalized spacial score (nSPS) is 20.4. The minimum absolute atomic E-state index is 0.0357. The highest BCUT2D eigenvalue weighted by molar-refractivity contribution is 5.46. The van der Waals surface area contributed by atoms with E-state index in [-0.39, 0.29) is 22.9 Å². The third kappa shape index (κ3) is 3.33. The summed E-state index contributed by atoms with van der Waals surface area (Å²) < 4.78 is 6.10. The first kappa shape index (κ1) is 15.5. The Balaban J connectivity index is 1.69. The molecule has 2 atom stereocenters. The van der Waals surface area contributed by atoms with Crippen LogP contribution in [0.15, 0.2) is 48.5 Å². The first-order chi connectivity index (χ1) is 11.0. The monoisotopic (exact) mass is 314 g/mol. The van der Waals surface area contributed by atoms with Gasteiger partial charge < -0.3 is 15.0 Å². The van der Waals surface area contributed by atoms with Crippen molar-refractivity contribution >= 4 is 11.4 Å². The molecular weight excluding hydrogens is 294 g/mol. The standard InChI is InChI=1S/C17H19N3O3/c1-19(2)14-7-5-13(6-8-14)17-18-11-16(23-17)12-3-9-15(10-4-12)20(21)22/h3-10,16-18H,11H2,1-2H3/p+1/t16-,17+/m1/s1. The fraction of sp³-hybridized carbons (Fsp3) is 0.294. The number of nitro benzene ring substituents is 1. The van der Waals surface area contributed by atoms with Crippen molar-refractivity contribution in [3.63, 3.8) is 0 Å². The van der Waals surface area contributed by atoms with Crippen LogP contribution in [0.3, 0.4) is 0 Å². The number of nitrogens with two attached hydrogens (primary N) is 1. The summed E-state index contributed by atoms with van der Waals surface area (Å²) in [5, 5.41) is 12.9. The van der Waals surface area contributed by atoms with Gasteiger partial charge in [0.2, 0.25) is 6.23 Å². The predicted octanol–water partition coefficient (Wildman–Crippen LogP) is 1.99. The zero-order chi connectivity index (χ0) is 16.4. The maximum absolute atomic E-state index is 10.7. The quantitative estimate of drug-likeness (QED) is 0.692. The van der Waals surface area contributed by atoms with E-state index in [1.807, 2.05) is 14.1 Å². The molecule has 0 spiro atoms. The van der Waals surface area contributed by atoms with Gasteiger partial charge in [-0.2, -0.15) is 0 Å². The van der Waals surface area contributed by atoms with Gasteiger partial charge in [0, 0.05) is 37.5 Å². The number of anilines is 1. The van der Waals surface area contributed by atoms with Crippen LogP contribution in [0.4, 0.5) is 11.4 Å². The van der Waals surface area contributed by atoms with E-state index in [0.29, 0.717) is 0 Å². The van der Waals surface area contributed by atoms with Crippen LogP contribution in [0.25, 0.3) is 0 Å². The van der Waals surface area contributed by atoms with E-state index in [9.17, 15) is 10.1 Å². The first-order valence-electron chi connectivity index (χ1n) is 7.55. The molecular formula is C17H20N3O3+. The number of hydrogen-bond donors (Lipinski definition) is 1. The molecule has 1 aliphatic rings. The number of quaternary nitrogens is 1. The number of rotatable bonds is 4. The lowest BCUT2D eigenvalue weighted by Gasteiger charge is -2.14. The molecule has 2 aromatic carbocycles. The van der Waals surface area contributed by atoms with Gasteiger partial charge in [-0.1, -0.05) is 0 Å². The van der Waals surface area contributed by atoms with Gasteiger partial charge in [0.1, 0.15) is 12.6 Å². The maximum atomic E-state index is 10.7. The minimum atomic E-state index is -0.388. The van der Waals surface area contributed by atoms with Crippen molar-refractivity contribution in [3.05, 3.63) is 69.8 Å². The third-order valence-electron chi connectivity index (χ3n) is 4.09. The Morgan fingerprint density at radius 2 is 1.70 bits per heavy atom. The molecule has 6 nitrogen and oxygen atoms in total. The summed E-state index contributed by atoms with van der Waals surface area (Å²) in [5.41, 5.74) is 3.35. The van der Waals surface area contributed by atoms with E-state index in [0.717, 1.165) is 23.4 Å². The number of ether oxygens (including phenoxy) is 1. The molecule has 0 unspecified atom stereocenters. The second-order valence-corrected chi connectivity index (χ2v) is 5.85. The zero-order valence-electron chi connectivity index (χ0n) is 13.2. The highest BCUT2D eigenvalue weighted by atomic mass is 16.6. The van der Waals surface area contributed by atoms with E-state index in [1.165, 1.54) is 12.1 Å². The van der Waals surface area contributed by atoms with E-state index in [1.54, 1.807) is 12.1 Å². The molecule has 0 radical (unpaired) electrons. The molecule has 0 bridgehead atoms. The number of benzene rings is 2. The van der Waals surface area contributed by atoms with Crippen molar-refractivity contribution in [2.45, 2.75) is 12.3 Å². The van der Waals surface area contributed by atoms with Gasteiger partial charge in [0.05, 0.1) is 4.92 Å². The van der Waals surface area contributed by atoms with Gasteiger partial charge in [0.15, 0.2) is 0 Å². The fourth-order valence-corrected chi connectivity index (χ4v) is 2.74. The molecule has 1 saturated heterocycles. The molecule has 120 valence electrons. The molecule has 1 aliphatic heterocycles. The number of nitro groups is 1. The first-order valence-corrected chi connectivity index (χ1v) is 7.55. The van der Waals surface area contributed by atoms with Crippen LogP contribution in [-0.2, 0) is 4.74 Å². The average Bonchev–Trinajstić information content (AvgIpc) is 3.05. The van der Waals surface area contributed by atoms with Crippen molar-refractivity contribution in [1.82, 2.24) is 0 Å². The number of nitrogens with zero attached hydrogens (tertiary/aromatic N) is 2. The van der Waals surface area contributed by atoms with E-state index < -0.39 is 0 Å². The molecule has 0 saturated carbocycles. The van der Waals surface area contributed by atoms with Crippen LogP contribution in [0.5, 0.6) is 0 Å². The van der Waals surface area contributed by atoms with Gasteiger partial charge in [-0.15, -0.1) is 0 Å². The summed E-state index contributed by atoms with van der Waals surface area (Å²) in [6.45, 7) is 0.803. The number of non-ortho nitro benzene ring substituents is 1. The molecule has 0 amide bonds. The Morgan fingerprint density at radius 1 is 1.09 bits per heavy atom. The van der Waals surface area contributed by atoms with E-state index in [4.69, 9.17) is 4.74 Å². The van der Waals surface area contributed by atoms with E-state index >= 15 is 0 Å². The highest BCUT2D eigenvalue weighted by Crippen LogP contribution is 2.28. The summed E-state index contributed by atoms with van der Waals surface area (Å²) in [6.07, 6.45) is -0.0827. The third-order valence-corrected chi connectivity index (χ3v) is 4.09. The average molecular weight is 314 g/mol. The van der Waals surface area contributed by atoms with Gasteiger partial charge in [-0.25, -0.2) is 0 Å². The SMILES string of the molecule is CN(C)c1ccc([C@H]2[NH2+]C[C@H](c3ccc([N+](=O)[O-])cc3)O2)cc1. The second-order valence-electron chi connectivity index (χ2n) is 5.85. The summed E-state index contributed by atoms with van der Waals surface area (Å²) in [6, 6.07) is 14.9. The Hall–Kier alpha value is -2.44. The topological polar surface area (TPSA) is 72.2 Å². The molecule has 6 heteroatoms. The van der Waals surface area contributed by atoms with Crippen molar-refractivity contribution in [3.8, 4) is 0 Å². The van der Waals surface area contributed by atoms with Crippen LogP contribution in [0.1, 0.15) is 23.5 Å². The smallest absolute Gasteiger partial charge is 0.269 e. The van der Waals surface area contributed by atoms with Crippen LogP contribution in [0, 0.1) is 10.1 Å². The van der Waals surface area contributed by atoms with Gasteiger partial charge in [-0.05, 0) is 42.0 Å². The van der Waals surface area contributed by atoms with Crippen LogP contribution in [0.2, 0.25) is 0 Å². The van der Waals surface area contributed by atoms with Crippen molar-refractivity contribution in [2.24, 2.45) is 0 Å². The van der Waals surface area contributed by atoms with Crippen molar-refractivity contribution in [2.75, 3.05) is 25.5 Å². The number of hydrogen-bond acceptors (Lipinski definition) is 4. The van der Waals surface area contributed by atoms with Crippen molar-refractivity contribution in [1.29, 1.82) is 0 Å². The largest absolute Gasteiger partial charge is 0.378 e. The van der Waals surface area contributed by atoms with Gasteiger partial charge in [-0.3, -0.25) is 10.1 Å². The van der Waals surface area contributed by atoms with Crippen LogP contribution < -0.4 is 10.2 Å². The molecule has 0 aromatic heterocycles. The summed E-state index contributed by atoms with van der Waals surface area (Å²) in [7, 11) is 4.02. The predicted molar refractivity (Wildman–Crippen MR) is 87.2 cm³/mol. The molecule has 0 aliphatic carbocycles. The highest BCUT2D eigenvalue weighted by Gasteiger charge is 2.31. The Labute approximate surface area is 134 Å². The Morgan fingerprint density at radius 3 is 2.26 bits per heavy atom. The molecule has 23 heavy (non-hydrogen) atoms. The molecule has 3 rings (SSSR count). The minimum Gasteiger partial charge on any atom is -0.378 e. The lowest BCUT2D eigenvalue weighted by molar-refractivity contribution is -0.698. The van der Waals surface area contributed by atoms with Crippen LogP contribution in [-0.4, -0.2) is 25.6 Å². The molecule has 1 heterocycles. The summed E-state index contributed by atoms with van der Waals surface area (Å²) in [5.74, 6) is 0.